The molecule has 0 amide bonds. The SMILES string of the molecule is CCOC(C(=O)Cc1ncc(C)c(OC)c1C)C(C)(C)C. The molecule has 1 rings (SSSR count). The molecule has 4 heteroatoms. The average Bonchev–Trinajstić information content (AvgIpc) is 2.38. The van der Waals surface area contributed by atoms with Gasteiger partial charge in [-0.25, -0.2) is 0 Å². The van der Waals surface area contributed by atoms with Crippen molar-refractivity contribution in [3.8, 4) is 5.75 Å². The first-order valence-electron chi connectivity index (χ1n) is 7.35. The first-order chi connectivity index (χ1) is 9.72. The Morgan fingerprint density at radius 2 is 1.95 bits per heavy atom. The highest BCUT2D eigenvalue weighted by molar-refractivity contribution is 5.86. The van der Waals surface area contributed by atoms with Gasteiger partial charge in [0.05, 0.1) is 19.2 Å². The predicted octanol–water partition coefficient (Wildman–Crippen LogP) is 3.27. The zero-order chi connectivity index (χ0) is 16.2. The number of carbonyl (C=O) groups is 1. The van der Waals surface area contributed by atoms with Crippen molar-refractivity contribution < 1.29 is 14.3 Å². The van der Waals surface area contributed by atoms with Gasteiger partial charge in [-0.2, -0.15) is 0 Å². The van der Waals surface area contributed by atoms with Crippen molar-refractivity contribution in [1.29, 1.82) is 0 Å². The molecule has 0 bridgehead atoms. The molecule has 21 heavy (non-hydrogen) atoms. The topological polar surface area (TPSA) is 48.4 Å². The van der Waals surface area contributed by atoms with Gasteiger partial charge in [0, 0.05) is 23.9 Å². The third-order valence-corrected chi connectivity index (χ3v) is 3.50. The van der Waals surface area contributed by atoms with Crippen molar-refractivity contribution in [3.05, 3.63) is 23.0 Å². The molecule has 1 aromatic heterocycles. The Balaban J connectivity index is 3.02. The number of Topliss-reactive ketones (excluding diaryl/α,β-unsaturated/α-hetero) is 1. The molecular formula is C17H27NO3. The van der Waals surface area contributed by atoms with Gasteiger partial charge in [0.25, 0.3) is 0 Å². The number of aromatic nitrogens is 1. The molecule has 0 spiro atoms. The summed E-state index contributed by atoms with van der Waals surface area (Å²) in [6.07, 6.45) is 1.60. The highest BCUT2D eigenvalue weighted by Crippen LogP contribution is 2.27. The third kappa shape index (κ3) is 4.27. The Morgan fingerprint density at radius 3 is 2.43 bits per heavy atom. The maximum atomic E-state index is 12.6. The monoisotopic (exact) mass is 293 g/mol. The minimum absolute atomic E-state index is 0.0610. The van der Waals surface area contributed by atoms with Crippen LogP contribution >= 0.6 is 0 Å². The molecule has 0 aliphatic heterocycles. The lowest BCUT2D eigenvalue weighted by Gasteiger charge is -2.29. The van der Waals surface area contributed by atoms with E-state index < -0.39 is 6.10 Å². The first kappa shape index (κ1) is 17.6. The maximum absolute atomic E-state index is 12.6. The Hall–Kier alpha value is -1.42. The molecule has 4 nitrogen and oxygen atoms in total. The molecule has 1 unspecified atom stereocenters. The number of pyridine rings is 1. The second-order valence-electron chi connectivity index (χ2n) is 6.39. The van der Waals surface area contributed by atoms with E-state index in [0.29, 0.717) is 6.61 Å². The average molecular weight is 293 g/mol. The lowest BCUT2D eigenvalue weighted by molar-refractivity contribution is -0.136. The summed E-state index contributed by atoms with van der Waals surface area (Å²) < 4.78 is 11.0. The highest BCUT2D eigenvalue weighted by Gasteiger charge is 2.32. The fourth-order valence-electron chi connectivity index (χ4n) is 2.50. The number of nitrogens with zero attached hydrogens (tertiary/aromatic N) is 1. The number of rotatable bonds is 6. The van der Waals surface area contributed by atoms with E-state index in [1.165, 1.54) is 0 Å². The summed E-state index contributed by atoms with van der Waals surface area (Å²) in [7, 11) is 1.64. The standard InChI is InChI=1S/C17H27NO3/c1-8-21-16(17(4,5)6)14(19)9-13-12(3)15(20-7)11(2)10-18-13/h10,16H,8-9H2,1-7H3. The molecule has 0 N–H and O–H groups in total. The van der Waals surface area contributed by atoms with Gasteiger partial charge in [-0.1, -0.05) is 20.8 Å². The van der Waals surface area contributed by atoms with E-state index in [1.54, 1.807) is 13.3 Å². The van der Waals surface area contributed by atoms with Crippen molar-refractivity contribution in [2.24, 2.45) is 5.41 Å². The summed E-state index contributed by atoms with van der Waals surface area (Å²) in [5.41, 5.74) is 2.44. The van der Waals surface area contributed by atoms with Crippen molar-refractivity contribution in [2.45, 2.75) is 54.1 Å². The number of methoxy groups -OCH3 is 1. The molecule has 0 aliphatic carbocycles. The van der Waals surface area contributed by atoms with E-state index in [-0.39, 0.29) is 17.6 Å². The minimum Gasteiger partial charge on any atom is -0.496 e. The second-order valence-corrected chi connectivity index (χ2v) is 6.39. The van der Waals surface area contributed by atoms with E-state index in [4.69, 9.17) is 9.47 Å². The van der Waals surface area contributed by atoms with Crippen molar-refractivity contribution >= 4 is 5.78 Å². The number of hydrogen-bond acceptors (Lipinski definition) is 4. The summed E-state index contributed by atoms with van der Waals surface area (Å²) in [5.74, 6) is 0.863. The number of hydrogen-bond donors (Lipinski definition) is 0. The maximum Gasteiger partial charge on any atom is 0.168 e. The van der Waals surface area contributed by atoms with E-state index >= 15 is 0 Å². The highest BCUT2D eigenvalue weighted by atomic mass is 16.5. The molecule has 0 radical (unpaired) electrons. The smallest absolute Gasteiger partial charge is 0.168 e. The van der Waals surface area contributed by atoms with Gasteiger partial charge in [-0.05, 0) is 26.2 Å². The van der Waals surface area contributed by atoms with Crippen LogP contribution in [0.5, 0.6) is 5.75 Å². The second kappa shape index (κ2) is 7.03. The lowest BCUT2D eigenvalue weighted by Crippen LogP contribution is -2.38. The van der Waals surface area contributed by atoms with Gasteiger partial charge in [-0.15, -0.1) is 0 Å². The van der Waals surface area contributed by atoms with Crippen LogP contribution in [0, 0.1) is 19.3 Å². The molecule has 1 aromatic rings. The number of carbonyl (C=O) groups excluding carboxylic acids is 1. The molecule has 0 aromatic carbocycles. The molecule has 118 valence electrons. The van der Waals surface area contributed by atoms with Crippen molar-refractivity contribution in [1.82, 2.24) is 4.98 Å². The number of ether oxygens (including phenoxy) is 2. The summed E-state index contributed by atoms with van der Waals surface area (Å²) >= 11 is 0. The molecule has 0 saturated heterocycles. The van der Waals surface area contributed by atoms with Crippen molar-refractivity contribution in [3.63, 3.8) is 0 Å². The Bertz CT molecular complexity index is 503. The van der Waals surface area contributed by atoms with Crippen molar-refractivity contribution in [2.75, 3.05) is 13.7 Å². The van der Waals surface area contributed by atoms with E-state index in [9.17, 15) is 4.79 Å². The van der Waals surface area contributed by atoms with Gasteiger partial charge in [0.1, 0.15) is 11.9 Å². The summed E-state index contributed by atoms with van der Waals surface area (Å²) in [4.78, 5) is 17.0. The van der Waals surface area contributed by atoms with Crippen LogP contribution in [0.15, 0.2) is 6.20 Å². The van der Waals surface area contributed by atoms with Gasteiger partial charge in [0.15, 0.2) is 5.78 Å². The van der Waals surface area contributed by atoms with E-state index in [2.05, 4.69) is 4.98 Å². The van der Waals surface area contributed by atoms with Crippen LogP contribution in [-0.2, 0) is 16.0 Å². The number of aryl methyl sites for hydroxylation is 1. The zero-order valence-corrected chi connectivity index (χ0v) is 14.2. The van der Waals surface area contributed by atoms with E-state index in [1.807, 2.05) is 41.5 Å². The van der Waals surface area contributed by atoms with Crippen LogP contribution in [0.1, 0.15) is 44.5 Å². The molecule has 1 atom stereocenters. The molecular weight excluding hydrogens is 266 g/mol. The van der Waals surface area contributed by atoms with Crippen LogP contribution in [0.25, 0.3) is 0 Å². The number of ketones is 1. The molecule has 0 fully saturated rings. The fraction of sp³-hybridized carbons (Fsp3) is 0.647. The Morgan fingerprint density at radius 1 is 1.33 bits per heavy atom. The van der Waals surface area contributed by atoms with Gasteiger partial charge in [0.2, 0.25) is 0 Å². The fourth-order valence-corrected chi connectivity index (χ4v) is 2.50. The van der Waals surface area contributed by atoms with Crippen LogP contribution in [0.3, 0.4) is 0 Å². The summed E-state index contributed by atoms with van der Waals surface area (Å²) in [5, 5.41) is 0. The van der Waals surface area contributed by atoms with E-state index in [0.717, 1.165) is 22.6 Å². The Kier molecular flexibility index (Phi) is 5.90. The summed E-state index contributed by atoms with van der Waals surface area (Å²) in [6, 6.07) is 0. The van der Waals surface area contributed by atoms with Gasteiger partial charge in [-0.3, -0.25) is 9.78 Å². The van der Waals surface area contributed by atoms with Crippen LogP contribution in [0.2, 0.25) is 0 Å². The Labute approximate surface area is 127 Å². The minimum atomic E-state index is -0.420. The zero-order valence-electron chi connectivity index (χ0n) is 14.2. The van der Waals surface area contributed by atoms with Gasteiger partial charge < -0.3 is 9.47 Å². The quantitative estimate of drug-likeness (QED) is 0.807. The van der Waals surface area contributed by atoms with Crippen LogP contribution in [0.4, 0.5) is 0 Å². The first-order valence-corrected chi connectivity index (χ1v) is 7.35. The van der Waals surface area contributed by atoms with Gasteiger partial charge >= 0.3 is 0 Å². The molecule has 0 saturated carbocycles. The van der Waals surface area contributed by atoms with Crippen LogP contribution < -0.4 is 4.74 Å². The third-order valence-electron chi connectivity index (χ3n) is 3.50. The molecule has 0 aliphatic rings. The lowest BCUT2D eigenvalue weighted by atomic mass is 9.85. The summed E-state index contributed by atoms with van der Waals surface area (Å²) in [6.45, 7) is 12.4. The molecule has 1 heterocycles. The largest absolute Gasteiger partial charge is 0.496 e. The predicted molar refractivity (Wildman–Crippen MR) is 83.8 cm³/mol. The van der Waals surface area contributed by atoms with Crippen LogP contribution in [-0.4, -0.2) is 30.6 Å². The normalized spacial score (nSPS) is 13.1.